The van der Waals surface area contributed by atoms with Crippen LogP contribution in [0.15, 0.2) is 28.7 Å². The number of hydrogen-bond donors (Lipinski definition) is 0. The Morgan fingerprint density at radius 3 is 2.43 bits per heavy atom. The predicted molar refractivity (Wildman–Crippen MR) is 89.4 cm³/mol. The first-order valence-electron chi connectivity index (χ1n) is 8.16. The molecule has 0 bridgehead atoms. The van der Waals surface area contributed by atoms with Crippen molar-refractivity contribution in [3.8, 4) is 5.75 Å². The van der Waals surface area contributed by atoms with Gasteiger partial charge in [-0.05, 0) is 55.9 Å². The summed E-state index contributed by atoms with van der Waals surface area (Å²) in [5.74, 6) is 1.52. The van der Waals surface area contributed by atoms with E-state index in [0.717, 1.165) is 23.2 Å². The Hall–Kier alpha value is -0.830. The van der Waals surface area contributed by atoms with Gasteiger partial charge in [-0.1, -0.05) is 48.5 Å². The molecule has 0 aliphatic heterocycles. The van der Waals surface area contributed by atoms with Gasteiger partial charge in [-0.2, -0.15) is 0 Å². The number of rotatable bonds is 6. The summed E-state index contributed by atoms with van der Waals surface area (Å²) in [7, 11) is 0. The molecule has 0 unspecified atom stereocenters. The molecule has 0 N–H and O–H groups in total. The zero-order chi connectivity index (χ0) is 15.1. The number of benzene rings is 1. The molecule has 2 nitrogen and oxygen atoms in total. The Kier molecular flexibility index (Phi) is 6.75. The highest BCUT2D eigenvalue weighted by molar-refractivity contribution is 9.10. The summed E-state index contributed by atoms with van der Waals surface area (Å²) in [6.45, 7) is 2.25. The average molecular weight is 353 g/mol. The number of unbranched alkanes of at least 4 members (excludes halogenated alkanes) is 2. The summed E-state index contributed by atoms with van der Waals surface area (Å²) in [5.41, 5.74) is 0. The van der Waals surface area contributed by atoms with Gasteiger partial charge in [-0.15, -0.1) is 0 Å². The van der Waals surface area contributed by atoms with Crippen molar-refractivity contribution < 1.29 is 9.53 Å². The second kappa shape index (κ2) is 8.57. The van der Waals surface area contributed by atoms with Crippen LogP contribution in [-0.4, -0.2) is 5.97 Å². The second-order valence-corrected chi connectivity index (χ2v) is 7.00. The van der Waals surface area contributed by atoms with Crippen molar-refractivity contribution in [1.29, 1.82) is 0 Å². The molecule has 0 aromatic heterocycles. The first kappa shape index (κ1) is 16.5. The topological polar surface area (TPSA) is 26.3 Å². The molecule has 21 heavy (non-hydrogen) atoms. The lowest BCUT2D eigenvalue weighted by atomic mass is 9.80. The minimum Gasteiger partial charge on any atom is -0.426 e. The summed E-state index contributed by atoms with van der Waals surface area (Å²) in [6.07, 6.45) is 9.66. The summed E-state index contributed by atoms with van der Waals surface area (Å²) in [5, 5.41) is 0. The third kappa shape index (κ3) is 5.46. The van der Waals surface area contributed by atoms with E-state index in [1.54, 1.807) is 0 Å². The SMILES string of the molecule is CCCCCC1CCC(C(=O)Oc2ccc(Br)cc2)CC1. The van der Waals surface area contributed by atoms with Crippen LogP contribution in [0.3, 0.4) is 0 Å². The molecule has 1 saturated carbocycles. The molecule has 2 rings (SSSR count). The lowest BCUT2D eigenvalue weighted by Crippen LogP contribution is -2.25. The van der Waals surface area contributed by atoms with E-state index in [0.29, 0.717) is 5.75 Å². The van der Waals surface area contributed by atoms with E-state index in [9.17, 15) is 4.79 Å². The molecule has 116 valence electrons. The van der Waals surface area contributed by atoms with Crippen molar-refractivity contribution in [2.75, 3.05) is 0 Å². The molecule has 0 amide bonds. The van der Waals surface area contributed by atoms with E-state index < -0.39 is 0 Å². The number of ether oxygens (including phenoxy) is 1. The van der Waals surface area contributed by atoms with Crippen LogP contribution in [0.4, 0.5) is 0 Å². The van der Waals surface area contributed by atoms with Gasteiger partial charge in [0.05, 0.1) is 5.92 Å². The maximum absolute atomic E-state index is 12.2. The van der Waals surface area contributed by atoms with Crippen molar-refractivity contribution in [2.24, 2.45) is 11.8 Å². The molecule has 1 fully saturated rings. The minimum absolute atomic E-state index is 0.0515. The molecule has 1 aliphatic carbocycles. The molecule has 1 aromatic rings. The molecule has 0 saturated heterocycles. The van der Waals surface area contributed by atoms with Gasteiger partial charge >= 0.3 is 5.97 Å². The van der Waals surface area contributed by atoms with E-state index in [1.165, 1.54) is 38.5 Å². The summed E-state index contributed by atoms with van der Waals surface area (Å²) in [4.78, 5) is 12.2. The highest BCUT2D eigenvalue weighted by Gasteiger charge is 2.27. The van der Waals surface area contributed by atoms with E-state index in [4.69, 9.17) is 4.74 Å². The van der Waals surface area contributed by atoms with Crippen molar-refractivity contribution >= 4 is 21.9 Å². The largest absolute Gasteiger partial charge is 0.426 e. The van der Waals surface area contributed by atoms with Crippen molar-refractivity contribution in [2.45, 2.75) is 58.3 Å². The lowest BCUT2D eigenvalue weighted by molar-refractivity contribution is -0.140. The second-order valence-electron chi connectivity index (χ2n) is 6.09. The van der Waals surface area contributed by atoms with Crippen LogP contribution in [0.25, 0.3) is 0 Å². The predicted octanol–water partition coefficient (Wildman–Crippen LogP) is 5.74. The number of halogens is 1. The summed E-state index contributed by atoms with van der Waals surface area (Å²) >= 11 is 3.38. The maximum Gasteiger partial charge on any atom is 0.314 e. The van der Waals surface area contributed by atoms with Crippen LogP contribution in [0.1, 0.15) is 58.3 Å². The fourth-order valence-electron chi connectivity index (χ4n) is 3.07. The number of hydrogen-bond acceptors (Lipinski definition) is 2. The zero-order valence-corrected chi connectivity index (χ0v) is 14.4. The van der Waals surface area contributed by atoms with E-state index >= 15 is 0 Å². The van der Waals surface area contributed by atoms with E-state index in [2.05, 4.69) is 22.9 Å². The van der Waals surface area contributed by atoms with Gasteiger partial charge in [0.25, 0.3) is 0 Å². The van der Waals surface area contributed by atoms with Gasteiger partial charge in [0.15, 0.2) is 0 Å². The van der Waals surface area contributed by atoms with Crippen LogP contribution in [0.2, 0.25) is 0 Å². The Balaban J connectivity index is 1.74. The number of carbonyl (C=O) groups excluding carboxylic acids is 1. The van der Waals surface area contributed by atoms with Crippen LogP contribution in [0.5, 0.6) is 5.75 Å². The molecule has 0 atom stereocenters. The van der Waals surface area contributed by atoms with Crippen molar-refractivity contribution in [1.82, 2.24) is 0 Å². The van der Waals surface area contributed by atoms with Gasteiger partial charge in [0.1, 0.15) is 5.75 Å². The molecular formula is C18H25BrO2. The molecule has 0 heterocycles. The third-order valence-electron chi connectivity index (χ3n) is 4.43. The summed E-state index contributed by atoms with van der Waals surface area (Å²) < 4.78 is 6.48. The van der Waals surface area contributed by atoms with Crippen LogP contribution < -0.4 is 4.74 Å². The molecule has 0 radical (unpaired) electrons. The molecule has 1 aromatic carbocycles. The standard InChI is InChI=1S/C18H25BrO2/c1-2-3-4-5-14-6-8-15(9-7-14)18(20)21-17-12-10-16(19)11-13-17/h10-15H,2-9H2,1H3. The molecule has 3 heteroatoms. The Morgan fingerprint density at radius 1 is 1.14 bits per heavy atom. The molecular weight excluding hydrogens is 328 g/mol. The highest BCUT2D eigenvalue weighted by atomic mass is 79.9. The molecule has 1 aliphatic rings. The van der Waals surface area contributed by atoms with E-state index in [-0.39, 0.29) is 11.9 Å². The normalized spacial score (nSPS) is 22.0. The fourth-order valence-corrected chi connectivity index (χ4v) is 3.34. The molecule has 0 spiro atoms. The zero-order valence-electron chi connectivity index (χ0n) is 12.8. The smallest absolute Gasteiger partial charge is 0.314 e. The average Bonchev–Trinajstić information content (AvgIpc) is 2.50. The van der Waals surface area contributed by atoms with Gasteiger partial charge in [0.2, 0.25) is 0 Å². The monoisotopic (exact) mass is 352 g/mol. The van der Waals surface area contributed by atoms with Gasteiger partial charge in [0, 0.05) is 4.47 Å². The summed E-state index contributed by atoms with van der Waals surface area (Å²) in [6, 6.07) is 7.46. The Labute approximate surface area is 136 Å². The third-order valence-corrected chi connectivity index (χ3v) is 4.96. The van der Waals surface area contributed by atoms with Crippen molar-refractivity contribution in [3.05, 3.63) is 28.7 Å². The fraction of sp³-hybridized carbons (Fsp3) is 0.611. The van der Waals surface area contributed by atoms with Crippen molar-refractivity contribution in [3.63, 3.8) is 0 Å². The minimum atomic E-state index is -0.0515. The van der Waals surface area contributed by atoms with Gasteiger partial charge < -0.3 is 4.74 Å². The number of carbonyl (C=O) groups is 1. The van der Waals surface area contributed by atoms with E-state index in [1.807, 2.05) is 24.3 Å². The van der Waals surface area contributed by atoms with Gasteiger partial charge in [-0.25, -0.2) is 0 Å². The first-order chi connectivity index (χ1) is 10.2. The Morgan fingerprint density at radius 2 is 1.81 bits per heavy atom. The Bertz CT molecular complexity index is 433. The van der Waals surface area contributed by atoms with Crippen LogP contribution >= 0.6 is 15.9 Å². The van der Waals surface area contributed by atoms with Crippen LogP contribution in [0, 0.1) is 11.8 Å². The van der Waals surface area contributed by atoms with Crippen LogP contribution in [-0.2, 0) is 4.79 Å². The maximum atomic E-state index is 12.2. The number of esters is 1. The lowest BCUT2D eigenvalue weighted by Gasteiger charge is -2.27. The highest BCUT2D eigenvalue weighted by Crippen LogP contribution is 2.33. The first-order valence-corrected chi connectivity index (χ1v) is 8.95. The van der Waals surface area contributed by atoms with Gasteiger partial charge in [-0.3, -0.25) is 4.79 Å². The quantitative estimate of drug-likeness (QED) is 0.370.